The third-order valence-corrected chi connectivity index (χ3v) is 3.60. The molecule has 0 atom stereocenters. The van der Waals surface area contributed by atoms with Gasteiger partial charge in [0.05, 0.1) is 11.3 Å². The number of nitrogens with zero attached hydrogens (tertiary/aromatic N) is 2. The quantitative estimate of drug-likeness (QED) is 0.844. The lowest BCUT2D eigenvalue weighted by atomic mass is 10.1. The Labute approximate surface area is 135 Å². The predicted molar refractivity (Wildman–Crippen MR) is 88.5 cm³/mol. The van der Waals surface area contributed by atoms with E-state index in [2.05, 4.69) is 15.7 Å². The van der Waals surface area contributed by atoms with Crippen LogP contribution < -0.4 is 10.6 Å². The summed E-state index contributed by atoms with van der Waals surface area (Å²) in [6.07, 6.45) is 3.12. The Morgan fingerprint density at radius 3 is 2.74 bits per heavy atom. The molecule has 0 bridgehead atoms. The van der Waals surface area contributed by atoms with E-state index in [0.717, 1.165) is 17.7 Å². The summed E-state index contributed by atoms with van der Waals surface area (Å²) in [7, 11) is 3.41. The van der Waals surface area contributed by atoms with Gasteiger partial charge < -0.3 is 10.6 Å². The first-order valence-electron chi connectivity index (χ1n) is 7.67. The van der Waals surface area contributed by atoms with Gasteiger partial charge in [-0.2, -0.15) is 5.10 Å². The number of carbonyl (C=O) groups excluding carboxylic acids is 2. The van der Waals surface area contributed by atoms with Crippen molar-refractivity contribution in [3.05, 3.63) is 52.8 Å². The molecule has 0 fully saturated rings. The molecule has 0 aliphatic carbocycles. The second-order valence-corrected chi connectivity index (χ2v) is 5.30. The van der Waals surface area contributed by atoms with Gasteiger partial charge in [-0.05, 0) is 30.5 Å². The fraction of sp³-hybridized carbons (Fsp3) is 0.353. The van der Waals surface area contributed by atoms with Crippen molar-refractivity contribution in [1.82, 2.24) is 20.4 Å². The Morgan fingerprint density at radius 2 is 2.04 bits per heavy atom. The molecular formula is C17H22N4O2. The van der Waals surface area contributed by atoms with Crippen molar-refractivity contribution < 1.29 is 9.59 Å². The minimum atomic E-state index is -0.114. The Kier molecular flexibility index (Phi) is 5.51. The van der Waals surface area contributed by atoms with E-state index in [1.165, 1.54) is 0 Å². The van der Waals surface area contributed by atoms with Crippen LogP contribution in [0.4, 0.5) is 0 Å². The lowest BCUT2D eigenvalue weighted by Gasteiger charge is -2.06. The van der Waals surface area contributed by atoms with Crippen molar-refractivity contribution in [3.63, 3.8) is 0 Å². The first-order valence-corrected chi connectivity index (χ1v) is 7.67. The van der Waals surface area contributed by atoms with E-state index in [1.54, 1.807) is 31.0 Å². The van der Waals surface area contributed by atoms with Gasteiger partial charge in [-0.3, -0.25) is 14.3 Å². The summed E-state index contributed by atoms with van der Waals surface area (Å²) in [5, 5.41) is 9.77. The van der Waals surface area contributed by atoms with Gasteiger partial charge in [0.2, 0.25) is 0 Å². The number of hydrogen-bond donors (Lipinski definition) is 2. The first kappa shape index (κ1) is 16.7. The second-order valence-electron chi connectivity index (χ2n) is 5.30. The maximum atomic E-state index is 12.2. The van der Waals surface area contributed by atoms with Gasteiger partial charge in [-0.1, -0.05) is 19.1 Å². The molecule has 2 rings (SSSR count). The number of aryl methyl sites for hydroxylation is 2. The Bertz CT molecular complexity index is 706. The molecule has 0 aliphatic rings. The molecule has 2 N–H and O–H groups in total. The highest BCUT2D eigenvalue weighted by Crippen LogP contribution is 2.08. The molecule has 0 saturated carbocycles. The molecular weight excluding hydrogens is 292 g/mol. The molecule has 0 spiro atoms. The zero-order valence-corrected chi connectivity index (χ0v) is 13.7. The molecule has 1 aromatic heterocycles. The molecule has 2 amide bonds. The maximum Gasteiger partial charge on any atom is 0.254 e. The lowest BCUT2D eigenvalue weighted by molar-refractivity contribution is 0.0947. The largest absolute Gasteiger partial charge is 0.355 e. The van der Waals surface area contributed by atoms with Gasteiger partial charge in [-0.15, -0.1) is 0 Å². The Hall–Kier alpha value is -2.63. The number of rotatable bonds is 6. The number of nitrogens with one attached hydrogen (secondary N) is 2. The Morgan fingerprint density at radius 1 is 1.26 bits per heavy atom. The van der Waals surface area contributed by atoms with Crippen molar-refractivity contribution in [2.24, 2.45) is 7.05 Å². The van der Waals surface area contributed by atoms with E-state index in [9.17, 15) is 9.59 Å². The molecule has 122 valence electrons. The molecule has 6 nitrogen and oxygen atoms in total. The summed E-state index contributed by atoms with van der Waals surface area (Å²) in [6.45, 7) is 2.48. The van der Waals surface area contributed by atoms with Gasteiger partial charge in [0.25, 0.3) is 11.8 Å². The monoisotopic (exact) mass is 314 g/mol. The van der Waals surface area contributed by atoms with E-state index in [1.807, 2.05) is 25.1 Å². The minimum Gasteiger partial charge on any atom is -0.355 e. The van der Waals surface area contributed by atoms with Crippen LogP contribution in [-0.4, -0.2) is 35.2 Å². The summed E-state index contributed by atoms with van der Waals surface area (Å²) in [4.78, 5) is 23.8. The third-order valence-electron chi connectivity index (χ3n) is 3.60. The van der Waals surface area contributed by atoms with E-state index >= 15 is 0 Å². The number of benzene rings is 1. The molecule has 0 radical (unpaired) electrons. The molecule has 6 heteroatoms. The van der Waals surface area contributed by atoms with Crippen LogP contribution in [0.1, 0.15) is 38.9 Å². The third kappa shape index (κ3) is 4.18. The maximum absolute atomic E-state index is 12.2. The minimum absolute atomic E-state index is 0.112. The topological polar surface area (TPSA) is 76.0 Å². The Balaban J connectivity index is 1.94. The van der Waals surface area contributed by atoms with Crippen molar-refractivity contribution in [2.75, 3.05) is 13.6 Å². The van der Waals surface area contributed by atoms with Crippen LogP contribution >= 0.6 is 0 Å². The summed E-state index contributed by atoms with van der Waals surface area (Å²) in [5.74, 6) is -0.226. The van der Waals surface area contributed by atoms with Crippen molar-refractivity contribution >= 4 is 11.8 Å². The molecule has 0 aliphatic heterocycles. The summed E-state index contributed by atoms with van der Waals surface area (Å²) < 4.78 is 1.65. The highest BCUT2D eigenvalue weighted by molar-refractivity contribution is 5.95. The number of carbonyl (C=O) groups is 2. The van der Waals surface area contributed by atoms with Gasteiger partial charge in [0, 0.05) is 32.4 Å². The highest BCUT2D eigenvalue weighted by Gasteiger charge is 2.13. The summed E-state index contributed by atoms with van der Waals surface area (Å²) >= 11 is 0. The van der Waals surface area contributed by atoms with E-state index in [-0.39, 0.29) is 11.8 Å². The van der Waals surface area contributed by atoms with Crippen molar-refractivity contribution in [2.45, 2.75) is 19.8 Å². The van der Waals surface area contributed by atoms with Gasteiger partial charge in [0.1, 0.15) is 0 Å². The standard InChI is InChI=1S/C17H22N4O2/c1-4-15-14(11-21(3)20-15)17(23)19-9-8-12-6-5-7-13(10-12)16(22)18-2/h5-7,10-11H,4,8-9H2,1-3H3,(H,18,22)(H,19,23). The van der Waals surface area contributed by atoms with E-state index in [0.29, 0.717) is 24.1 Å². The zero-order chi connectivity index (χ0) is 16.8. The van der Waals surface area contributed by atoms with Gasteiger partial charge in [0.15, 0.2) is 0 Å². The highest BCUT2D eigenvalue weighted by atomic mass is 16.2. The van der Waals surface area contributed by atoms with Crippen LogP contribution in [0.3, 0.4) is 0 Å². The number of amides is 2. The number of aromatic nitrogens is 2. The van der Waals surface area contributed by atoms with Crippen molar-refractivity contribution in [1.29, 1.82) is 0 Å². The van der Waals surface area contributed by atoms with Crippen LogP contribution in [0, 0.1) is 0 Å². The summed E-state index contributed by atoms with van der Waals surface area (Å²) in [6, 6.07) is 7.40. The predicted octanol–water partition coefficient (Wildman–Crippen LogP) is 1.31. The fourth-order valence-corrected chi connectivity index (χ4v) is 2.41. The van der Waals surface area contributed by atoms with Crippen LogP contribution in [0.15, 0.2) is 30.5 Å². The van der Waals surface area contributed by atoms with Crippen LogP contribution in [0.2, 0.25) is 0 Å². The van der Waals surface area contributed by atoms with Gasteiger partial charge in [-0.25, -0.2) is 0 Å². The average molecular weight is 314 g/mol. The molecule has 2 aromatic rings. The smallest absolute Gasteiger partial charge is 0.254 e. The molecule has 23 heavy (non-hydrogen) atoms. The average Bonchev–Trinajstić information content (AvgIpc) is 2.95. The fourth-order valence-electron chi connectivity index (χ4n) is 2.41. The normalized spacial score (nSPS) is 10.4. The number of hydrogen-bond acceptors (Lipinski definition) is 3. The second kappa shape index (κ2) is 7.58. The lowest BCUT2D eigenvalue weighted by Crippen LogP contribution is -2.26. The van der Waals surface area contributed by atoms with Crippen LogP contribution in [-0.2, 0) is 19.9 Å². The zero-order valence-electron chi connectivity index (χ0n) is 13.7. The molecule has 1 aromatic carbocycles. The summed E-state index contributed by atoms with van der Waals surface area (Å²) in [5.41, 5.74) is 3.05. The van der Waals surface area contributed by atoms with Crippen molar-refractivity contribution in [3.8, 4) is 0 Å². The van der Waals surface area contributed by atoms with Gasteiger partial charge >= 0.3 is 0 Å². The molecule has 0 unspecified atom stereocenters. The van der Waals surface area contributed by atoms with Crippen LogP contribution in [0.25, 0.3) is 0 Å². The first-order chi connectivity index (χ1) is 11.0. The molecule has 1 heterocycles. The van der Waals surface area contributed by atoms with Crippen LogP contribution in [0.5, 0.6) is 0 Å². The molecule has 0 saturated heterocycles. The van der Waals surface area contributed by atoms with E-state index in [4.69, 9.17) is 0 Å². The van der Waals surface area contributed by atoms with E-state index < -0.39 is 0 Å². The SMILES string of the molecule is CCc1nn(C)cc1C(=O)NCCc1cccc(C(=O)NC)c1.